The largest absolute Gasteiger partial charge is 0.507 e. The molecule has 3 aliphatic rings. The molecule has 2 aromatic rings. The van der Waals surface area contributed by atoms with Crippen molar-refractivity contribution in [3.8, 4) is 11.1 Å². The lowest BCUT2D eigenvalue weighted by Crippen LogP contribution is -2.45. The van der Waals surface area contributed by atoms with Crippen LogP contribution in [0.1, 0.15) is 37.7 Å². The molecule has 180 valence electrons. The van der Waals surface area contributed by atoms with Gasteiger partial charge in [0, 0.05) is 44.0 Å². The lowest BCUT2D eigenvalue weighted by molar-refractivity contribution is -0.118. The summed E-state index contributed by atoms with van der Waals surface area (Å²) in [7, 11) is 0. The number of fused-ring (bicyclic) bond motifs is 1. The standard InChI is InChI=1S/C27H34N4O3/c32-25-23-17-21(20-7-3-1-4-8-20)18-28-26(23)31(12-11-30-13-15-34-16-14-30)19-24(25)27(33)29-22-9-5-2-6-10-22/h1,3-4,7-8,17-18,22,32H,2,5-6,9-16,19H2,(H,29,33). The highest BCUT2D eigenvalue weighted by Crippen LogP contribution is 2.35. The van der Waals surface area contributed by atoms with Gasteiger partial charge in [0.1, 0.15) is 11.6 Å². The minimum Gasteiger partial charge on any atom is -0.507 e. The lowest BCUT2D eigenvalue weighted by Gasteiger charge is -2.34. The number of carbonyl (C=O) groups excluding carboxylic acids is 1. The molecule has 5 rings (SSSR count). The molecule has 0 spiro atoms. The second-order valence-corrected chi connectivity index (χ2v) is 9.47. The van der Waals surface area contributed by atoms with E-state index in [4.69, 9.17) is 9.72 Å². The van der Waals surface area contributed by atoms with Gasteiger partial charge in [-0.1, -0.05) is 49.6 Å². The van der Waals surface area contributed by atoms with E-state index >= 15 is 0 Å². The van der Waals surface area contributed by atoms with Crippen LogP contribution in [0.15, 0.2) is 48.2 Å². The van der Waals surface area contributed by atoms with E-state index in [0.29, 0.717) is 17.7 Å². The highest BCUT2D eigenvalue weighted by molar-refractivity contribution is 6.03. The fourth-order valence-electron chi connectivity index (χ4n) is 5.15. The van der Waals surface area contributed by atoms with Gasteiger partial charge < -0.3 is 20.1 Å². The molecular formula is C27H34N4O3. The molecule has 0 unspecified atom stereocenters. The van der Waals surface area contributed by atoms with Crippen LogP contribution in [0.4, 0.5) is 5.82 Å². The van der Waals surface area contributed by atoms with Gasteiger partial charge in [-0.2, -0.15) is 0 Å². The number of benzene rings is 1. The number of morpholine rings is 1. The molecule has 1 aliphatic carbocycles. The van der Waals surface area contributed by atoms with E-state index in [-0.39, 0.29) is 17.7 Å². The molecule has 1 aromatic heterocycles. The summed E-state index contributed by atoms with van der Waals surface area (Å²) in [4.78, 5) is 22.6. The van der Waals surface area contributed by atoms with Crippen LogP contribution in [0.3, 0.4) is 0 Å². The minimum absolute atomic E-state index is 0.0520. The van der Waals surface area contributed by atoms with E-state index in [0.717, 1.165) is 82.0 Å². The summed E-state index contributed by atoms with van der Waals surface area (Å²) in [6.07, 6.45) is 7.41. The number of nitrogens with zero attached hydrogens (tertiary/aromatic N) is 3. The van der Waals surface area contributed by atoms with Crippen LogP contribution in [-0.2, 0) is 9.53 Å². The average molecular weight is 463 g/mol. The fourth-order valence-corrected chi connectivity index (χ4v) is 5.15. The van der Waals surface area contributed by atoms with Crippen molar-refractivity contribution in [1.82, 2.24) is 15.2 Å². The lowest BCUT2D eigenvalue weighted by atomic mass is 9.94. The average Bonchev–Trinajstić information content (AvgIpc) is 2.90. The number of amides is 1. The van der Waals surface area contributed by atoms with Gasteiger partial charge in [0.25, 0.3) is 5.91 Å². The third kappa shape index (κ3) is 5.10. The van der Waals surface area contributed by atoms with Gasteiger partial charge in [0.15, 0.2) is 0 Å². The maximum Gasteiger partial charge on any atom is 0.253 e. The molecule has 1 saturated carbocycles. The Balaban J connectivity index is 1.43. The zero-order valence-electron chi connectivity index (χ0n) is 19.7. The van der Waals surface area contributed by atoms with E-state index in [9.17, 15) is 9.90 Å². The monoisotopic (exact) mass is 462 g/mol. The van der Waals surface area contributed by atoms with Crippen molar-refractivity contribution in [3.05, 3.63) is 53.7 Å². The van der Waals surface area contributed by atoms with Crippen LogP contribution in [0, 0.1) is 0 Å². The van der Waals surface area contributed by atoms with E-state index in [1.165, 1.54) is 6.42 Å². The van der Waals surface area contributed by atoms with Crippen LogP contribution >= 0.6 is 0 Å². The number of aromatic nitrogens is 1. The third-order valence-electron chi connectivity index (χ3n) is 7.17. The van der Waals surface area contributed by atoms with E-state index in [2.05, 4.69) is 15.1 Å². The number of nitrogens with one attached hydrogen (secondary N) is 1. The summed E-state index contributed by atoms with van der Waals surface area (Å²) in [5, 5.41) is 14.4. The van der Waals surface area contributed by atoms with Gasteiger partial charge >= 0.3 is 0 Å². The zero-order chi connectivity index (χ0) is 23.3. The molecule has 3 heterocycles. The number of aliphatic hydroxyl groups excluding tert-OH is 1. The Morgan fingerprint density at radius 2 is 1.82 bits per heavy atom. The van der Waals surface area contributed by atoms with Gasteiger partial charge in [-0.25, -0.2) is 4.98 Å². The molecule has 7 heteroatoms. The zero-order valence-corrected chi connectivity index (χ0v) is 19.7. The third-order valence-corrected chi connectivity index (χ3v) is 7.17. The van der Waals surface area contributed by atoms with Crippen LogP contribution in [0.5, 0.6) is 0 Å². The maximum absolute atomic E-state index is 13.3. The SMILES string of the molecule is O=C(NC1CCCCC1)C1=C(O)c2cc(-c3ccccc3)cnc2N(CCN2CCOCC2)C1. The molecule has 1 amide bonds. The highest BCUT2D eigenvalue weighted by Gasteiger charge is 2.31. The van der Waals surface area contributed by atoms with Crippen LogP contribution in [0.2, 0.25) is 0 Å². The maximum atomic E-state index is 13.3. The quantitative estimate of drug-likeness (QED) is 0.683. The molecule has 0 bridgehead atoms. The number of anilines is 1. The Morgan fingerprint density at radius 1 is 1.06 bits per heavy atom. The Hall–Kier alpha value is -2.90. The first-order valence-corrected chi connectivity index (χ1v) is 12.5. The molecule has 1 saturated heterocycles. The van der Waals surface area contributed by atoms with Crippen molar-refractivity contribution in [3.63, 3.8) is 0 Å². The van der Waals surface area contributed by atoms with Crippen LogP contribution in [-0.4, -0.2) is 72.9 Å². The minimum atomic E-state index is -0.156. The van der Waals surface area contributed by atoms with E-state index in [1.54, 1.807) is 0 Å². The fraction of sp³-hybridized carbons (Fsp3) is 0.481. The summed E-state index contributed by atoms with van der Waals surface area (Å²) in [6.45, 7) is 5.30. The molecular weight excluding hydrogens is 428 g/mol. The first kappa shape index (κ1) is 22.9. The Morgan fingerprint density at radius 3 is 2.59 bits per heavy atom. The Bertz CT molecular complexity index is 1030. The van der Waals surface area contributed by atoms with Gasteiger partial charge in [0.05, 0.1) is 30.9 Å². The van der Waals surface area contributed by atoms with Crippen molar-refractivity contribution in [2.24, 2.45) is 0 Å². The summed E-state index contributed by atoms with van der Waals surface area (Å²) in [5.41, 5.74) is 3.02. The second-order valence-electron chi connectivity index (χ2n) is 9.47. The molecule has 2 fully saturated rings. The van der Waals surface area contributed by atoms with Crippen molar-refractivity contribution in [2.45, 2.75) is 38.1 Å². The Kier molecular flexibility index (Phi) is 7.11. The van der Waals surface area contributed by atoms with Crippen molar-refractivity contribution >= 4 is 17.5 Å². The number of hydrogen-bond acceptors (Lipinski definition) is 6. The van der Waals surface area contributed by atoms with E-state index < -0.39 is 0 Å². The van der Waals surface area contributed by atoms with Crippen molar-refractivity contribution in [2.75, 3.05) is 50.8 Å². The van der Waals surface area contributed by atoms with Gasteiger partial charge in [-0.05, 0) is 24.5 Å². The number of rotatable bonds is 6. The number of carbonyl (C=O) groups is 1. The van der Waals surface area contributed by atoms with Crippen molar-refractivity contribution < 1.29 is 14.6 Å². The molecule has 2 N–H and O–H groups in total. The molecule has 7 nitrogen and oxygen atoms in total. The topological polar surface area (TPSA) is 77.9 Å². The molecule has 1 aromatic carbocycles. The highest BCUT2D eigenvalue weighted by atomic mass is 16.5. The molecule has 0 radical (unpaired) electrons. The van der Waals surface area contributed by atoms with Gasteiger partial charge in [-0.15, -0.1) is 0 Å². The molecule has 34 heavy (non-hydrogen) atoms. The van der Waals surface area contributed by atoms with Crippen LogP contribution in [0.25, 0.3) is 16.9 Å². The Labute approximate surface area is 201 Å². The summed E-state index contributed by atoms with van der Waals surface area (Å²) in [6, 6.07) is 12.2. The first-order valence-electron chi connectivity index (χ1n) is 12.5. The summed E-state index contributed by atoms with van der Waals surface area (Å²) in [5.74, 6) is 0.632. The number of hydrogen-bond donors (Lipinski definition) is 2. The van der Waals surface area contributed by atoms with Crippen LogP contribution < -0.4 is 10.2 Å². The molecule has 0 atom stereocenters. The number of pyridine rings is 1. The van der Waals surface area contributed by atoms with E-state index in [1.807, 2.05) is 42.6 Å². The normalized spacial score (nSPS) is 19.7. The predicted octanol–water partition coefficient (Wildman–Crippen LogP) is 3.62. The summed E-state index contributed by atoms with van der Waals surface area (Å²) < 4.78 is 5.48. The van der Waals surface area contributed by atoms with Crippen molar-refractivity contribution in [1.29, 1.82) is 0 Å². The number of aliphatic hydroxyl groups is 1. The van der Waals surface area contributed by atoms with Gasteiger partial charge in [-0.3, -0.25) is 9.69 Å². The summed E-state index contributed by atoms with van der Waals surface area (Å²) >= 11 is 0. The smallest absolute Gasteiger partial charge is 0.253 e. The predicted molar refractivity (Wildman–Crippen MR) is 134 cm³/mol. The van der Waals surface area contributed by atoms with Gasteiger partial charge in [0.2, 0.25) is 0 Å². The first-order chi connectivity index (χ1) is 16.7. The number of ether oxygens (including phenoxy) is 1. The molecule has 2 aliphatic heterocycles. The second kappa shape index (κ2) is 10.6.